The van der Waals surface area contributed by atoms with Crippen molar-refractivity contribution in [2.24, 2.45) is 0 Å². The van der Waals surface area contributed by atoms with Gasteiger partial charge in [0.25, 0.3) is 0 Å². The fraction of sp³-hybridized carbons (Fsp3) is 0.0833. The zero-order chi connectivity index (χ0) is 22.2. The molecule has 2 aromatic heterocycles. The van der Waals surface area contributed by atoms with Crippen molar-refractivity contribution >= 4 is 23.6 Å². The van der Waals surface area contributed by atoms with E-state index in [1.807, 2.05) is 48.5 Å². The first-order valence-electron chi connectivity index (χ1n) is 10.1. The summed E-state index contributed by atoms with van der Waals surface area (Å²) in [4.78, 5) is 28.8. The summed E-state index contributed by atoms with van der Waals surface area (Å²) < 4.78 is 5.12. The number of amides is 2. The van der Waals surface area contributed by atoms with Crippen molar-refractivity contribution in [2.75, 3.05) is 11.9 Å². The third kappa shape index (κ3) is 5.37. The Hall–Kier alpha value is -4.46. The Balaban J connectivity index is 1.34. The van der Waals surface area contributed by atoms with E-state index in [0.29, 0.717) is 23.1 Å². The van der Waals surface area contributed by atoms with E-state index in [2.05, 4.69) is 25.8 Å². The Bertz CT molecular complexity index is 1210. The molecule has 2 aromatic carbocycles. The molecule has 32 heavy (non-hydrogen) atoms. The first-order chi connectivity index (χ1) is 15.7. The molecule has 0 aliphatic rings. The number of para-hydroxylation sites is 1. The van der Waals surface area contributed by atoms with Gasteiger partial charge in [0.05, 0.1) is 12.0 Å². The summed E-state index contributed by atoms with van der Waals surface area (Å²) in [6.45, 7) is 0.204. The highest BCUT2D eigenvalue weighted by molar-refractivity contribution is 5.95. The minimum atomic E-state index is -0.301. The molecule has 4 aromatic rings. The number of nitrogens with zero attached hydrogens (tertiary/aromatic N) is 2. The van der Waals surface area contributed by atoms with Crippen LogP contribution in [0.3, 0.4) is 0 Å². The number of benzene rings is 2. The van der Waals surface area contributed by atoms with Gasteiger partial charge in [-0.3, -0.25) is 14.7 Å². The smallest absolute Gasteiger partial charge is 0.244 e. The fourth-order valence-corrected chi connectivity index (χ4v) is 3.01. The Morgan fingerprint density at radius 3 is 2.62 bits per heavy atom. The average Bonchev–Trinajstić information content (AvgIpc) is 3.51. The summed E-state index contributed by atoms with van der Waals surface area (Å²) >= 11 is 0. The fourth-order valence-electron chi connectivity index (χ4n) is 3.01. The van der Waals surface area contributed by atoms with Crippen LogP contribution < -0.4 is 10.6 Å². The van der Waals surface area contributed by atoms with Gasteiger partial charge in [-0.15, -0.1) is 0 Å². The maximum atomic E-state index is 12.4. The average molecular weight is 427 g/mol. The molecule has 0 aliphatic carbocycles. The van der Waals surface area contributed by atoms with Gasteiger partial charge in [0, 0.05) is 30.2 Å². The number of anilines is 1. The Kier molecular flexibility index (Phi) is 6.52. The van der Waals surface area contributed by atoms with Crippen molar-refractivity contribution in [3.8, 4) is 22.8 Å². The zero-order valence-electron chi connectivity index (χ0n) is 17.1. The molecule has 4 rings (SSSR count). The molecule has 0 saturated carbocycles. The van der Waals surface area contributed by atoms with Crippen LogP contribution in [-0.4, -0.2) is 33.5 Å². The summed E-state index contributed by atoms with van der Waals surface area (Å²) in [5, 5.41) is 12.8. The van der Waals surface area contributed by atoms with E-state index in [0.717, 1.165) is 11.1 Å². The number of nitrogens with one attached hydrogen (secondary N) is 3. The third-order valence-corrected chi connectivity index (χ3v) is 4.57. The van der Waals surface area contributed by atoms with Gasteiger partial charge in [-0.25, -0.2) is 4.98 Å². The molecule has 3 N–H and O–H groups in total. The number of carbonyl (C=O) groups excluding carboxylic acids is 2. The highest BCUT2D eigenvalue weighted by Gasteiger charge is 2.13. The number of carbonyl (C=O) groups is 2. The second-order valence-corrected chi connectivity index (χ2v) is 6.86. The topological polar surface area (TPSA) is 113 Å². The Labute approximate surface area is 184 Å². The summed E-state index contributed by atoms with van der Waals surface area (Å²) in [5.41, 5.74) is 2.23. The number of hydrogen-bond donors (Lipinski definition) is 3. The molecule has 0 bridgehead atoms. The maximum Gasteiger partial charge on any atom is 0.244 e. The van der Waals surface area contributed by atoms with E-state index < -0.39 is 0 Å². The van der Waals surface area contributed by atoms with Crippen molar-refractivity contribution in [3.63, 3.8) is 0 Å². The van der Waals surface area contributed by atoms with Crippen molar-refractivity contribution in [1.82, 2.24) is 20.5 Å². The number of H-pyrrole nitrogens is 1. The van der Waals surface area contributed by atoms with Gasteiger partial charge in [0.15, 0.2) is 11.6 Å². The predicted molar refractivity (Wildman–Crippen MR) is 121 cm³/mol. The molecule has 0 unspecified atom stereocenters. The molecular formula is C24H21N5O3. The van der Waals surface area contributed by atoms with Crippen LogP contribution in [0.5, 0.6) is 0 Å². The van der Waals surface area contributed by atoms with Crippen molar-refractivity contribution in [2.45, 2.75) is 6.42 Å². The number of aromatic nitrogens is 3. The van der Waals surface area contributed by atoms with Crippen molar-refractivity contribution in [1.29, 1.82) is 0 Å². The standard InChI is InChI=1S/C24H21N5O3/c30-21(13-12-18-9-6-16-32-18)25-15-14-22(31)26-20-11-5-4-10-19(20)24-27-23(28-29-24)17-7-2-1-3-8-17/h1-13,16H,14-15H2,(H,25,30)(H,26,31)(H,27,28,29)/b13-12+. The number of aromatic amines is 1. The molecule has 0 atom stereocenters. The molecule has 8 heteroatoms. The predicted octanol–water partition coefficient (Wildman–Crippen LogP) is 3.89. The monoisotopic (exact) mass is 427 g/mol. The highest BCUT2D eigenvalue weighted by atomic mass is 16.3. The van der Waals surface area contributed by atoms with Crippen molar-refractivity contribution < 1.29 is 14.0 Å². The Morgan fingerprint density at radius 2 is 1.81 bits per heavy atom. The van der Waals surface area contributed by atoms with Crippen LogP contribution in [-0.2, 0) is 9.59 Å². The largest absolute Gasteiger partial charge is 0.465 e. The van der Waals surface area contributed by atoms with E-state index >= 15 is 0 Å². The molecule has 2 amide bonds. The highest BCUT2D eigenvalue weighted by Crippen LogP contribution is 2.26. The minimum absolute atomic E-state index is 0.125. The maximum absolute atomic E-state index is 12.4. The van der Waals surface area contributed by atoms with Crippen LogP contribution in [0.1, 0.15) is 12.2 Å². The van der Waals surface area contributed by atoms with Gasteiger partial charge in [-0.05, 0) is 30.3 Å². The van der Waals surface area contributed by atoms with E-state index in [4.69, 9.17) is 4.42 Å². The lowest BCUT2D eigenvalue weighted by Crippen LogP contribution is -2.26. The van der Waals surface area contributed by atoms with Gasteiger partial charge >= 0.3 is 0 Å². The zero-order valence-corrected chi connectivity index (χ0v) is 17.1. The lowest BCUT2D eigenvalue weighted by atomic mass is 10.1. The van der Waals surface area contributed by atoms with E-state index in [1.54, 1.807) is 24.3 Å². The molecule has 8 nitrogen and oxygen atoms in total. The second kappa shape index (κ2) is 10.0. The van der Waals surface area contributed by atoms with Crippen LogP contribution in [0.15, 0.2) is 83.5 Å². The molecule has 0 radical (unpaired) electrons. The van der Waals surface area contributed by atoms with E-state index in [9.17, 15) is 9.59 Å². The van der Waals surface area contributed by atoms with Gasteiger partial charge in [0.1, 0.15) is 5.76 Å². The summed E-state index contributed by atoms with van der Waals surface area (Å²) in [6, 6.07) is 20.4. The quantitative estimate of drug-likeness (QED) is 0.369. The second-order valence-electron chi connectivity index (χ2n) is 6.86. The number of furan rings is 1. The normalized spacial score (nSPS) is 10.9. The molecule has 160 valence electrons. The third-order valence-electron chi connectivity index (χ3n) is 4.57. The molecule has 2 heterocycles. The van der Waals surface area contributed by atoms with Crippen LogP contribution in [0, 0.1) is 0 Å². The number of rotatable bonds is 8. The number of hydrogen-bond acceptors (Lipinski definition) is 5. The molecule has 0 aliphatic heterocycles. The van der Waals surface area contributed by atoms with Crippen LogP contribution in [0.25, 0.3) is 28.9 Å². The van der Waals surface area contributed by atoms with Gasteiger partial charge in [-0.2, -0.15) is 5.10 Å². The van der Waals surface area contributed by atoms with E-state index in [1.165, 1.54) is 12.3 Å². The lowest BCUT2D eigenvalue weighted by Gasteiger charge is -2.09. The van der Waals surface area contributed by atoms with Crippen molar-refractivity contribution in [3.05, 3.63) is 84.8 Å². The summed E-state index contributed by atoms with van der Waals surface area (Å²) in [5.74, 6) is 1.18. The van der Waals surface area contributed by atoms with E-state index in [-0.39, 0.29) is 24.8 Å². The lowest BCUT2D eigenvalue weighted by molar-refractivity contribution is -0.117. The molecule has 0 spiro atoms. The van der Waals surface area contributed by atoms with Crippen LogP contribution in [0.4, 0.5) is 5.69 Å². The Morgan fingerprint density at radius 1 is 1.00 bits per heavy atom. The summed E-state index contributed by atoms with van der Waals surface area (Å²) in [6.07, 6.45) is 4.58. The molecule has 0 fully saturated rings. The van der Waals surface area contributed by atoms with Crippen LogP contribution >= 0.6 is 0 Å². The van der Waals surface area contributed by atoms with Crippen LogP contribution in [0.2, 0.25) is 0 Å². The molecular weight excluding hydrogens is 406 g/mol. The first-order valence-corrected chi connectivity index (χ1v) is 10.1. The molecule has 0 saturated heterocycles. The van der Waals surface area contributed by atoms with Gasteiger partial charge in [0.2, 0.25) is 11.8 Å². The minimum Gasteiger partial charge on any atom is -0.465 e. The van der Waals surface area contributed by atoms with Gasteiger partial charge < -0.3 is 15.1 Å². The summed E-state index contributed by atoms with van der Waals surface area (Å²) in [7, 11) is 0. The SMILES string of the molecule is O=C(/C=C/c1ccco1)NCCC(=O)Nc1ccccc1-c1nc(-c2ccccc2)n[nH]1. The van der Waals surface area contributed by atoms with Gasteiger partial charge in [-0.1, -0.05) is 42.5 Å². The first kappa shape index (κ1) is 20.8.